The molecule has 0 aliphatic carbocycles. The number of carbonyl (C=O) groups excluding carboxylic acids is 1. The van der Waals surface area contributed by atoms with Gasteiger partial charge in [0.25, 0.3) is 5.91 Å². The van der Waals surface area contributed by atoms with Crippen molar-refractivity contribution in [3.8, 4) is 0 Å². The lowest BCUT2D eigenvalue weighted by Gasteiger charge is -2.35. The van der Waals surface area contributed by atoms with Crippen molar-refractivity contribution in [1.82, 2.24) is 15.2 Å². The third-order valence-electron chi connectivity index (χ3n) is 5.10. The first-order chi connectivity index (χ1) is 13.7. The van der Waals surface area contributed by atoms with E-state index in [2.05, 4.69) is 33.4 Å². The second kappa shape index (κ2) is 8.65. The van der Waals surface area contributed by atoms with Gasteiger partial charge >= 0.3 is 0 Å². The van der Waals surface area contributed by atoms with Gasteiger partial charge in [-0.1, -0.05) is 42.5 Å². The highest BCUT2D eigenvalue weighted by molar-refractivity contribution is 7.09. The van der Waals surface area contributed by atoms with Crippen molar-refractivity contribution in [2.24, 2.45) is 0 Å². The van der Waals surface area contributed by atoms with Crippen LogP contribution in [0.1, 0.15) is 38.2 Å². The summed E-state index contributed by atoms with van der Waals surface area (Å²) in [6.07, 6.45) is 0.983. The predicted molar refractivity (Wildman–Crippen MR) is 110 cm³/mol. The molecule has 0 fully saturated rings. The van der Waals surface area contributed by atoms with Gasteiger partial charge in [0.15, 0.2) is 0 Å². The Morgan fingerprint density at radius 2 is 1.96 bits per heavy atom. The summed E-state index contributed by atoms with van der Waals surface area (Å²) in [5.74, 6) is -0.0923. The molecule has 0 spiro atoms. The van der Waals surface area contributed by atoms with E-state index in [1.807, 2.05) is 29.6 Å². The Balaban J connectivity index is 1.38. The molecular formula is C22H23N3O2S. The molecule has 0 saturated carbocycles. The molecule has 6 heteroatoms. The lowest BCUT2D eigenvalue weighted by Crippen LogP contribution is -2.37. The summed E-state index contributed by atoms with van der Waals surface area (Å²) < 4.78 is 0. The fourth-order valence-corrected chi connectivity index (χ4v) is 4.39. The summed E-state index contributed by atoms with van der Waals surface area (Å²) >= 11 is 1.55. The first kappa shape index (κ1) is 18.8. The summed E-state index contributed by atoms with van der Waals surface area (Å²) in [5.41, 5.74) is 4.16. The van der Waals surface area contributed by atoms with Crippen molar-refractivity contribution in [3.05, 3.63) is 87.4 Å². The Kier molecular flexibility index (Phi) is 5.81. The van der Waals surface area contributed by atoms with Gasteiger partial charge in [-0.05, 0) is 29.7 Å². The summed E-state index contributed by atoms with van der Waals surface area (Å²) in [5, 5.41) is 15.8. The van der Waals surface area contributed by atoms with Crippen molar-refractivity contribution in [2.75, 3.05) is 13.2 Å². The second-order valence-corrected chi connectivity index (χ2v) is 7.84. The van der Waals surface area contributed by atoms with E-state index < -0.39 is 0 Å². The Morgan fingerprint density at radius 1 is 1.18 bits per heavy atom. The second-order valence-electron chi connectivity index (χ2n) is 6.90. The van der Waals surface area contributed by atoms with Crippen LogP contribution in [0.15, 0.2) is 60.0 Å². The van der Waals surface area contributed by atoms with Crippen LogP contribution in [0.2, 0.25) is 0 Å². The number of carbonyl (C=O) groups is 1. The maximum Gasteiger partial charge on any atom is 0.251 e. The summed E-state index contributed by atoms with van der Waals surface area (Å²) in [4.78, 5) is 19.1. The maximum absolute atomic E-state index is 12.2. The van der Waals surface area contributed by atoms with Crippen LogP contribution in [0.5, 0.6) is 0 Å². The molecule has 0 radical (unpaired) electrons. The number of hydrogen-bond donors (Lipinski definition) is 2. The fourth-order valence-electron chi connectivity index (χ4n) is 3.66. The molecular weight excluding hydrogens is 370 g/mol. The molecule has 144 valence electrons. The molecule has 0 bridgehead atoms. The minimum atomic E-state index is -0.0923. The Morgan fingerprint density at radius 3 is 2.79 bits per heavy atom. The molecule has 5 nitrogen and oxygen atoms in total. The zero-order valence-corrected chi connectivity index (χ0v) is 16.4. The average molecular weight is 394 g/mol. The minimum absolute atomic E-state index is 0.00730. The summed E-state index contributed by atoms with van der Waals surface area (Å²) in [7, 11) is 0. The van der Waals surface area contributed by atoms with Crippen LogP contribution < -0.4 is 5.32 Å². The normalized spacial score (nSPS) is 16.5. The number of aliphatic hydroxyl groups is 1. The number of rotatable bonds is 6. The largest absolute Gasteiger partial charge is 0.394 e. The molecule has 2 N–H and O–H groups in total. The lowest BCUT2D eigenvalue weighted by molar-refractivity contribution is 0.0950. The molecule has 1 aromatic heterocycles. The Hall–Kier alpha value is -2.54. The van der Waals surface area contributed by atoms with Gasteiger partial charge in [-0.2, -0.15) is 0 Å². The van der Waals surface area contributed by atoms with E-state index in [0.717, 1.165) is 23.7 Å². The van der Waals surface area contributed by atoms with Gasteiger partial charge in [-0.25, -0.2) is 4.98 Å². The van der Waals surface area contributed by atoms with Crippen molar-refractivity contribution in [3.63, 3.8) is 0 Å². The molecule has 1 amide bonds. The van der Waals surface area contributed by atoms with Crippen LogP contribution in [0.4, 0.5) is 0 Å². The number of nitrogens with one attached hydrogen (secondary N) is 1. The van der Waals surface area contributed by atoms with Crippen LogP contribution in [0.3, 0.4) is 0 Å². The van der Waals surface area contributed by atoms with Gasteiger partial charge in [0.05, 0.1) is 24.9 Å². The monoisotopic (exact) mass is 393 g/mol. The number of nitrogens with zero attached hydrogens (tertiary/aromatic N) is 2. The molecule has 2 aromatic carbocycles. The maximum atomic E-state index is 12.2. The van der Waals surface area contributed by atoms with E-state index in [1.54, 1.807) is 23.5 Å². The smallest absolute Gasteiger partial charge is 0.251 e. The van der Waals surface area contributed by atoms with Crippen molar-refractivity contribution >= 4 is 17.2 Å². The van der Waals surface area contributed by atoms with Gasteiger partial charge < -0.3 is 10.4 Å². The number of amides is 1. The van der Waals surface area contributed by atoms with E-state index in [0.29, 0.717) is 18.7 Å². The molecule has 1 unspecified atom stereocenters. The highest BCUT2D eigenvalue weighted by Crippen LogP contribution is 2.30. The van der Waals surface area contributed by atoms with Gasteiger partial charge in [0, 0.05) is 24.0 Å². The highest BCUT2D eigenvalue weighted by Gasteiger charge is 2.27. The summed E-state index contributed by atoms with van der Waals surface area (Å²) in [6, 6.07) is 17.5. The minimum Gasteiger partial charge on any atom is -0.394 e. The van der Waals surface area contributed by atoms with Crippen molar-refractivity contribution in [2.45, 2.75) is 25.6 Å². The van der Waals surface area contributed by atoms with Gasteiger partial charge in [0.1, 0.15) is 5.01 Å². The number of aliphatic hydroxyl groups excluding tert-OH is 1. The first-order valence-corrected chi connectivity index (χ1v) is 10.3. The van der Waals surface area contributed by atoms with Gasteiger partial charge in [0.2, 0.25) is 0 Å². The van der Waals surface area contributed by atoms with Crippen molar-refractivity contribution < 1.29 is 9.90 Å². The molecule has 3 aromatic rings. The topological polar surface area (TPSA) is 65.5 Å². The Labute approximate surface area is 168 Å². The quantitative estimate of drug-likeness (QED) is 0.675. The Bertz CT molecular complexity index is 942. The van der Waals surface area contributed by atoms with Crippen LogP contribution in [-0.2, 0) is 19.5 Å². The first-order valence-electron chi connectivity index (χ1n) is 9.44. The number of thiazole rings is 1. The van der Waals surface area contributed by atoms with Crippen LogP contribution in [0, 0.1) is 0 Å². The molecule has 4 rings (SSSR count). The number of hydrogen-bond acceptors (Lipinski definition) is 5. The zero-order valence-electron chi connectivity index (χ0n) is 15.5. The third-order valence-corrected chi connectivity index (χ3v) is 5.99. The van der Waals surface area contributed by atoms with Gasteiger partial charge in [-0.15, -0.1) is 11.3 Å². The van der Waals surface area contributed by atoms with Crippen molar-refractivity contribution in [1.29, 1.82) is 0 Å². The van der Waals surface area contributed by atoms with Gasteiger partial charge in [-0.3, -0.25) is 9.69 Å². The number of fused-ring (bicyclic) bond motifs is 1. The number of benzene rings is 2. The fraction of sp³-hybridized carbons (Fsp3) is 0.273. The SMILES string of the molecule is O=C(NCc1nc(CN2CCc3ccccc3C2CO)cs1)c1ccccc1. The third kappa shape index (κ3) is 4.14. The van der Waals surface area contributed by atoms with E-state index in [4.69, 9.17) is 0 Å². The molecule has 0 saturated heterocycles. The molecule has 2 heterocycles. The highest BCUT2D eigenvalue weighted by atomic mass is 32.1. The standard InChI is InChI=1S/C22H23N3O2S/c26-14-20-19-9-5-4-6-16(19)10-11-25(20)13-18-15-28-21(24-18)12-23-22(27)17-7-2-1-3-8-17/h1-9,15,20,26H,10-14H2,(H,23,27). The lowest BCUT2D eigenvalue weighted by atomic mass is 9.93. The molecule has 28 heavy (non-hydrogen) atoms. The van der Waals surface area contributed by atoms with Crippen LogP contribution in [-0.4, -0.2) is 34.0 Å². The van der Waals surface area contributed by atoms with Crippen LogP contribution >= 0.6 is 11.3 Å². The number of aromatic nitrogens is 1. The predicted octanol–water partition coefficient (Wildman–Crippen LogP) is 3.16. The molecule has 1 atom stereocenters. The summed E-state index contributed by atoms with van der Waals surface area (Å²) in [6.45, 7) is 2.12. The molecule has 1 aliphatic rings. The average Bonchev–Trinajstić information content (AvgIpc) is 3.20. The van der Waals surface area contributed by atoms with E-state index in [9.17, 15) is 9.90 Å². The van der Waals surface area contributed by atoms with E-state index >= 15 is 0 Å². The van der Waals surface area contributed by atoms with E-state index in [-0.39, 0.29) is 18.6 Å². The van der Waals surface area contributed by atoms with Crippen LogP contribution in [0.25, 0.3) is 0 Å². The zero-order chi connectivity index (χ0) is 19.3. The molecule has 1 aliphatic heterocycles. The van der Waals surface area contributed by atoms with E-state index in [1.165, 1.54) is 11.1 Å².